The zero-order valence-corrected chi connectivity index (χ0v) is 10.9. The summed E-state index contributed by atoms with van der Waals surface area (Å²) in [4.78, 5) is 24.3. The highest BCUT2D eigenvalue weighted by Crippen LogP contribution is 2.46. The maximum atomic E-state index is 11.5. The number of carbonyl (C=O) groups is 2. The van der Waals surface area contributed by atoms with Crippen LogP contribution in [0, 0.1) is 5.41 Å². The van der Waals surface area contributed by atoms with Gasteiger partial charge in [0.1, 0.15) is 0 Å². The summed E-state index contributed by atoms with van der Waals surface area (Å²) in [5.74, 6) is -0.354. The number of hydrogen-bond acceptors (Lipinski definition) is 3. The summed E-state index contributed by atoms with van der Waals surface area (Å²) >= 11 is 0. The lowest BCUT2D eigenvalue weighted by molar-refractivity contribution is -0.145. The van der Waals surface area contributed by atoms with Gasteiger partial charge in [0.2, 0.25) is 0 Å². The highest BCUT2D eigenvalue weighted by Gasteiger charge is 2.53. The first-order valence-electron chi connectivity index (χ1n) is 5.82. The van der Waals surface area contributed by atoms with Crippen LogP contribution in [0.15, 0.2) is 0 Å². The van der Waals surface area contributed by atoms with Crippen molar-refractivity contribution in [2.75, 3.05) is 13.7 Å². The van der Waals surface area contributed by atoms with Crippen molar-refractivity contribution in [2.45, 2.75) is 45.6 Å². The molecule has 1 heterocycles. The van der Waals surface area contributed by atoms with Crippen LogP contribution in [0.5, 0.6) is 0 Å². The Hall–Kier alpha value is -1.26. The van der Waals surface area contributed by atoms with Gasteiger partial charge in [-0.25, -0.2) is 4.79 Å². The Labute approximate surface area is 102 Å². The highest BCUT2D eigenvalue weighted by atomic mass is 16.5. The van der Waals surface area contributed by atoms with Crippen LogP contribution in [0.4, 0.5) is 4.79 Å². The fourth-order valence-electron chi connectivity index (χ4n) is 2.70. The van der Waals surface area contributed by atoms with Crippen LogP contribution < -0.4 is 0 Å². The van der Waals surface area contributed by atoms with Gasteiger partial charge in [-0.1, -0.05) is 20.8 Å². The second-order valence-electron chi connectivity index (χ2n) is 5.57. The van der Waals surface area contributed by atoms with Crippen LogP contribution in [-0.4, -0.2) is 41.3 Å². The zero-order valence-electron chi connectivity index (χ0n) is 10.9. The lowest BCUT2D eigenvalue weighted by atomic mass is 9.70. The number of amides is 1. The Morgan fingerprint density at radius 1 is 1.41 bits per heavy atom. The van der Waals surface area contributed by atoms with E-state index in [2.05, 4.69) is 0 Å². The van der Waals surface area contributed by atoms with Gasteiger partial charge in [0.05, 0.1) is 19.1 Å². The first kappa shape index (κ1) is 13.8. The molecular weight excluding hydrogens is 222 g/mol. The van der Waals surface area contributed by atoms with E-state index in [0.717, 1.165) is 6.42 Å². The van der Waals surface area contributed by atoms with Crippen LogP contribution in [-0.2, 0) is 9.53 Å². The molecule has 0 bridgehead atoms. The van der Waals surface area contributed by atoms with Gasteiger partial charge in [-0.15, -0.1) is 0 Å². The first-order chi connectivity index (χ1) is 7.74. The van der Waals surface area contributed by atoms with Gasteiger partial charge in [-0.3, -0.25) is 4.79 Å². The molecule has 5 heteroatoms. The SMILES string of the molecule is COC(=O)C[C@@]1(C(C)(C)C)CCCN1C(=O)O. The van der Waals surface area contributed by atoms with E-state index in [9.17, 15) is 14.7 Å². The molecule has 1 saturated heterocycles. The molecule has 17 heavy (non-hydrogen) atoms. The Kier molecular flexibility index (Phi) is 3.69. The molecule has 1 aliphatic rings. The fourth-order valence-corrected chi connectivity index (χ4v) is 2.70. The minimum absolute atomic E-state index is 0.124. The van der Waals surface area contributed by atoms with Gasteiger partial charge in [0.25, 0.3) is 0 Å². The van der Waals surface area contributed by atoms with Crippen molar-refractivity contribution >= 4 is 12.1 Å². The number of likely N-dealkylation sites (tertiary alicyclic amines) is 1. The van der Waals surface area contributed by atoms with Crippen LogP contribution in [0.1, 0.15) is 40.0 Å². The van der Waals surface area contributed by atoms with Gasteiger partial charge >= 0.3 is 12.1 Å². The van der Waals surface area contributed by atoms with E-state index in [-0.39, 0.29) is 17.8 Å². The molecule has 0 spiro atoms. The van der Waals surface area contributed by atoms with E-state index < -0.39 is 11.6 Å². The van der Waals surface area contributed by atoms with E-state index in [1.54, 1.807) is 0 Å². The molecule has 0 unspecified atom stereocenters. The van der Waals surface area contributed by atoms with Gasteiger partial charge < -0.3 is 14.7 Å². The minimum Gasteiger partial charge on any atom is -0.469 e. The van der Waals surface area contributed by atoms with Crippen molar-refractivity contribution in [2.24, 2.45) is 5.41 Å². The summed E-state index contributed by atoms with van der Waals surface area (Å²) in [6.45, 7) is 6.40. The predicted octanol–water partition coefficient (Wildman–Crippen LogP) is 2.11. The molecule has 1 aliphatic heterocycles. The number of hydrogen-bond donors (Lipinski definition) is 1. The summed E-state index contributed by atoms with van der Waals surface area (Å²) in [6, 6.07) is 0. The maximum absolute atomic E-state index is 11.5. The van der Waals surface area contributed by atoms with Gasteiger partial charge in [-0.05, 0) is 18.3 Å². The molecule has 1 atom stereocenters. The van der Waals surface area contributed by atoms with E-state index in [1.165, 1.54) is 12.0 Å². The van der Waals surface area contributed by atoms with Crippen molar-refractivity contribution in [1.29, 1.82) is 0 Å². The molecule has 0 aliphatic carbocycles. The van der Waals surface area contributed by atoms with Crippen molar-refractivity contribution in [1.82, 2.24) is 4.90 Å². The Morgan fingerprint density at radius 2 is 2.00 bits per heavy atom. The molecule has 0 aromatic heterocycles. The van der Waals surface area contributed by atoms with Crippen molar-refractivity contribution in [3.63, 3.8) is 0 Å². The summed E-state index contributed by atoms with van der Waals surface area (Å²) in [6.07, 6.45) is 0.666. The van der Waals surface area contributed by atoms with Crippen LogP contribution >= 0.6 is 0 Å². The molecule has 98 valence electrons. The molecule has 0 radical (unpaired) electrons. The molecule has 1 amide bonds. The lowest BCUT2D eigenvalue weighted by Crippen LogP contribution is -2.56. The molecule has 1 fully saturated rings. The van der Waals surface area contributed by atoms with Crippen LogP contribution in [0.3, 0.4) is 0 Å². The molecule has 0 saturated carbocycles. The molecule has 0 aromatic rings. The van der Waals surface area contributed by atoms with Crippen molar-refractivity contribution in [3.8, 4) is 0 Å². The number of methoxy groups -OCH3 is 1. The van der Waals surface area contributed by atoms with Crippen molar-refractivity contribution < 1.29 is 19.4 Å². The monoisotopic (exact) mass is 243 g/mol. The van der Waals surface area contributed by atoms with Crippen LogP contribution in [0.2, 0.25) is 0 Å². The Balaban J connectivity index is 3.10. The number of nitrogens with zero attached hydrogens (tertiary/aromatic N) is 1. The summed E-state index contributed by atoms with van der Waals surface area (Å²) in [5, 5.41) is 9.27. The molecular formula is C12H21NO4. The van der Waals surface area contributed by atoms with E-state index in [0.29, 0.717) is 13.0 Å². The molecule has 0 aromatic carbocycles. The lowest BCUT2D eigenvalue weighted by Gasteiger charge is -2.46. The number of esters is 1. The average molecular weight is 243 g/mol. The second kappa shape index (κ2) is 4.55. The van der Waals surface area contributed by atoms with E-state index >= 15 is 0 Å². The number of carboxylic acid groups (broad SMARTS) is 1. The molecule has 1 N–H and O–H groups in total. The Bertz CT molecular complexity index is 321. The second-order valence-corrected chi connectivity index (χ2v) is 5.57. The molecule has 1 rings (SSSR count). The van der Waals surface area contributed by atoms with Crippen molar-refractivity contribution in [3.05, 3.63) is 0 Å². The first-order valence-corrected chi connectivity index (χ1v) is 5.82. The fraction of sp³-hybridized carbons (Fsp3) is 0.833. The highest BCUT2D eigenvalue weighted by molar-refractivity contribution is 5.74. The average Bonchev–Trinajstić information content (AvgIpc) is 2.61. The largest absolute Gasteiger partial charge is 0.469 e. The van der Waals surface area contributed by atoms with E-state index in [4.69, 9.17) is 4.74 Å². The third kappa shape index (κ3) is 2.37. The zero-order chi connectivity index (χ0) is 13.3. The maximum Gasteiger partial charge on any atom is 0.407 e. The standard InChI is InChI=1S/C12H21NO4/c1-11(2,3)12(8-9(14)17-4)6-5-7-13(12)10(15)16/h5-8H2,1-4H3,(H,15,16)/t12-/m1/s1. The van der Waals surface area contributed by atoms with Gasteiger partial charge in [0.15, 0.2) is 0 Å². The van der Waals surface area contributed by atoms with Gasteiger partial charge in [-0.2, -0.15) is 0 Å². The quantitative estimate of drug-likeness (QED) is 0.754. The minimum atomic E-state index is -0.957. The van der Waals surface area contributed by atoms with Crippen LogP contribution in [0.25, 0.3) is 0 Å². The predicted molar refractivity (Wildman–Crippen MR) is 62.8 cm³/mol. The number of carbonyl (C=O) groups excluding carboxylic acids is 1. The van der Waals surface area contributed by atoms with E-state index in [1.807, 2.05) is 20.8 Å². The third-order valence-corrected chi connectivity index (χ3v) is 3.78. The summed E-state index contributed by atoms with van der Waals surface area (Å²) < 4.78 is 4.70. The molecule has 5 nitrogen and oxygen atoms in total. The third-order valence-electron chi connectivity index (χ3n) is 3.78. The Morgan fingerprint density at radius 3 is 2.41 bits per heavy atom. The number of ether oxygens (including phenoxy) is 1. The summed E-state index contributed by atoms with van der Waals surface area (Å²) in [5.41, 5.74) is -0.942. The smallest absolute Gasteiger partial charge is 0.407 e. The topological polar surface area (TPSA) is 66.8 Å². The number of rotatable bonds is 2. The summed E-state index contributed by atoms with van der Waals surface area (Å²) in [7, 11) is 1.33. The normalized spacial score (nSPS) is 24.8. The van der Waals surface area contributed by atoms with Gasteiger partial charge in [0, 0.05) is 6.54 Å².